The van der Waals surface area contributed by atoms with Crippen molar-refractivity contribution < 1.29 is 4.42 Å². The molecule has 1 atom stereocenters. The monoisotopic (exact) mass is 222 g/mol. The third-order valence-electron chi connectivity index (χ3n) is 3.59. The molecule has 2 N–H and O–H groups in total. The standard InChI is InChI=1S/C13H22N2O/c1-15(11-6-3-2-4-7-11)10-12(14)13-8-5-9-16-13/h5,8-9,11-12H,2-4,6-7,10,14H2,1H3. The van der Waals surface area contributed by atoms with E-state index < -0.39 is 0 Å². The quantitative estimate of drug-likeness (QED) is 0.851. The maximum absolute atomic E-state index is 6.11. The van der Waals surface area contributed by atoms with Crippen LogP contribution in [0.25, 0.3) is 0 Å². The third kappa shape index (κ3) is 2.86. The van der Waals surface area contributed by atoms with Gasteiger partial charge in [0.15, 0.2) is 0 Å². The summed E-state index contributed by atoms with van der Waals surface area (Å²) in [6.07, 6.45) is 8.46. The Bertz CT molecular complexity index is 291. The number of rotatable bonds is 4. The van der Waals surface area contributed by atoms with E-state index in [0.29, 0.717) is 0 Å². The summed E-state index contributed by atoms with van der Waals surface area (Å²) in [5, 5.41) is 0. The predicted molar refractivity (Wildman–Crippen MR) is 65.1 cm³/mol. The molecule has 0 aliphatic heterocycles. The van der Waals surface area contributed by atoms with E-state index in [0.717, 1.165) is 18.3 Å². The molecule has 3 nitrogen and oxygen atoms in total. The molecule has 0 bridgehead atoms. The fourth-order valence-corrected chi connectivity index (χ4v) is 2.57. The highest BCUT2D eigenvalue weighted by atomic mass is 16.3. The molecule has 0 aromatic carbocycles. The second-order valence-corrected chi connectivity index (χ2v) is 4.85. The first-order valence-electron chi connectivity index (χ1n) is 6.26. The van der Waals surface area contributed by atoms with E-state index in [1.807, 2.05) is 12.1 Å². The molecule has 16 heavy (non-hydrogen) atoms. The Labute approximate surface area is 97.6 Å². The fourth-order valence-electron chi connectivity index (χ4n) is 2.57. The zero-order valence-electron chi connectivity index (χ0n) is 10.1. The number of nitrogens with two attached hydrogens (primary N) is 1. The van der Waals surface area contributed by atoms with Crippen LogP contribution in [-0.2, 0) is 0 Å². The molecule has 1 aliphatic carbocycles. The third-order valence-corrected chi connectivity index (χ3v) is 3.59. The topological polar surface area (TPSA) is 42.4 Å². The molecule has 0 radical (unpaired) electrons. The van der Waals surface area contributed by atoms with E-state index in [-0.39, 0.29) is 6.04 Å². The summed E-state index contributed by atoms with van der Waals surface area (Å²) < 4.78 is 5.33. The Balaban J connectivity index is 1.84. The Morgan fingerprint density at radius 3 is 2.81 bits per heavy atom. The van der Waals surface area contributed by atoms with Crippen molar-refractivity contribution in [2.45, 2.75) is 44.2 Å². The largest absolute Gasteiger partial charge is 0.468 e. The lowest BCUT2D eigenvalue weighted by Crippen LogP contribution is -2.38. The van der Waals surface area contributed by atoms with Gasteiger partial charge in [0, 0.05) is 12.6 Å². The smallest absolute Gasteiger partial charge is 0.121 e. The van der Waals surface area contributed by atoms with Crippen LogP contribution in [-0.4, -0.2) is 24.5 Å². The summed E-state index contributed by atoms with van der Waals surface area (Å²) >= 11 is 0. The van der Waals surface area contributed by atoms with E-state index in [4.69, 9.17) is 10.2 Å². The van der Waals surface area contributed by atoms with Crippen LogP contribution in [0.3, 0.4) is 0 Å². The van der Waals surface area contributed by atoms with E-state index in [1.165, 1.54) is 32.1 Å². The van der Waals surface area contributed by atoms with Crippen molar-refractivity contribution in [2.24, 2.45) is 5.73 Å². The van der Waals surface area contributed by atoms with Crippen molar-refractivity contribution in [2.75, 3.05) is 13.6 Å². The van der Waals surface area contributed by atoms with Crippen LogP contribution in [0.5, 0.6) is 0 Å². The van der Waals surface area contributed by atoms with Gasteiger partial charge in [-0.25, -0.2) is 0 Å². The predicted octanol–water partition coefficient (Wildman–Crippen LogP) is 2.54. The van der Waals surface area contributed by atoms with Crippen molar-refractivity contribution in [3.05, 3.63) is 24.2 Å². The van der Waals surface area contributed by atoms with Crippen molar-refractivity contribution in [3.63, 3.8) is 0 Å². The molecule has 1 unspecified atom stereocenters. The van der Waals surface area contributed by atoms with Gasteiger partial charge in [-0.2, -0.15) is 0 Å². The summed E-state index contributed by atoms with van der Waals surface area (Å²) in [5.74, 6) is 0.891. The number of nitrogens with zero attached hydrogens (tertiary/aromatic N) is 1. The normalized spacial score (nSPS) is 20.2. The molecule has 0 amide bonds. The molecular formula is C13H22N2O. The van der Waals surface area contributed by atoms with Crippen LogP contribution in [0.15, 0.2) is 22.8 Å². The van der Waals surface area contributed by atoms with Crippen molar-refractivity contribution in [3.8, 4) is 0 Å². The summed E-state index contributed by atoms with van der Waals surface area (Å²) in [6, 6.07) is 4.58. The molecule has 1 aromatic heterocycles. The minimum Gasteiger partial charge on any atom is -0.468 e. The van der Waals surface area contributed by atoms with Gasteiger partial charge in [0.25, 0.3) is 0 Å². The number of hydrogen-bond donors (Lipinski definition) is 1. The molecule has 1 aliphatic rings. The van der Waals surface area contributed by atoms with E-state index in [9.17, 15) is 0 Å². The maximum Gasteiger partial charge on any atom is 0.121 e. The molecular weight excluding hydrogens is 200 g/mol. The fraction of sp³-hybridized carbons (Fsp3) is 0.692. The van der Waals surface area contributed by atoms with Crippen molar-refractivity contribution in [1.82, 2.24) is 4.90 Å². The van der Waals surface area contributed by atoms with Crippen molar-refractivity contribution >= 4 is 0 Å². The summed E-state index contributed by atoms with van der Waals surface area (Å²) in [4.78, 5) is 2.40. The van der Waals surface area contributed by atoms with Gasteiger partial charge in [-0.15, -0.1) is 0 Å². The molecule has 1 heterocycles. The van der Waals surface area contributed by atoms with Gasteiger partial charge < -0.3 is 15.1 Å². The molecule has 3 heteroatoms. The highest BCUT2D eigenvalue weighted by molar-refractivity contribution is 5.04. The van der Waals surface area contributed by atoms with Crippen LogP contribution in [0, 0.1) is 0 Å². The zero-order chi connectivity index (χ0) is 11.4. The van der Waals surface area contributed by atoms with Gasteiger partial charge >= 0.3 is 0 Å². The summed E-state index contributed by atoms with van der Waals surface area (Å²) in [7, 11) is 2.18. The second kappa shape index (κ2) is 5.51. The van der Waals surface area contributed by atoms with Crippen LogP contribution in [0.2, 0.25) is 0 Å². The lowest BCUT2D eigenvalue weighted by molar-refractivity contribution is 0.177. The molecule has 1 aromatic rings. The van der Waals surface area contributed by atoms with Crippen LogP contribution >= 0.6 is 0 Å². The van der Waals surface area contributed by atoms with E-state index in [2.05, 4.69) is 11.9 Å². The molecule has 2 rings (SSSR count). The highest BCUT2D eigenvalue weighted by Gasteiger charge is 2.20. The SMILES string of the molecule is CN(CC(N)c1ccco1)C1CCCCC1. The molecule has 0 saturated heterocycles. The summed E-state index contributed by atoms with van der Waals surface area (Å²) in [6.45, 7) is 0.887. The van der Waals surface area contributed by atoms with Crippen LogP contribution in [0.1, 0.15) is 43.9 Å². The van der Waals surface area contributed by atoms with Gasteiger partial charge in [-0.3, -0.25) is 0 Å². The second-order valence-electron chi connectivity index (χ2n) is 4.85. The first-order chi connectivity index (χ1) is 7.77. The van der Waals surface area contributed by atoms with Crippen molar-refractivity contribution in [1.29, 1.82) is 0 Å². The maximum atomic E-state index is 6.11. The molecule has 1 saturated carbocycles. The van der Waals surface area contributed by atoms with Gasteiger partial charge in [-0.1, -0.05) is 19.3 Å². The zero-order valence-corrected chi connectivity index (χ0v) is 10.1. The molecule has 90 valence electrons. The Morgan fingerprint density at radius 1 is 1.44 bits per heavy atom. The average Bonchev–Trinajstić information content (AvgIpc) is 2.83. The Morgan fingerprint density at radius 2 is 2.19 bits per heavy atom. The van der Waals surface area contributed by atoms with Crippen LogP contribution < -0.4 is 5.73 Å². The van der Waals surface area contributed by atoms with Gasteiger partial charge in [0.05, 0.1) is 12.3 Å². The number of furan rings is 1. The minimum absolute atomic E-state index is 0.00178. The van der Waals surface area contributed by atoms with Gasteiger partial charge in [0.2, 0.25) is 0 Å². The Kier molecular flexibility index (Phi) is 4.02. The number of likely N-dealkylation sites (N-methyl/N-ethyl adjacent to an activating group) is 1. The highest BCUT2D eigenvalue weighted by Crippen LogP contribution is 2.23. The molecule has 1 fully saturated rings. The first-order valence-corrected chi connectivity index (χ1v) is 6.26. The lowest BCUT2D eigenvalue weighted by Gasteiger charge is -2.32. The Hall–Kier alpha value is -0.800. The van der Waals surface area contributed by atoms with Gasteiger partial charge in [-0.05, 0) is 32.0 Å². The van der Waals surface area contributed by atoms with Gasteiger partial charge in [0.1, 0.15) is 5.76 Å². The molecule has 0 spiro atoms. The van der Waals surface area contributed by atoms with E-state index >= 15 is 0 Å². The first kappa shape index (κ1) is 11.7. The lowest BCUT2D eigenvalue weighted by atomic mass is 9.94. The van der Waals surface area contributed by atoms with Crippen LogP contribution in [0.4, 0.5) is 0 Å². The van der Waals surface area contributed by atoms with E-state index in [1.54, 1.807) is 6.26 Å². The number of hydrogen-bond acceptors (Lipinski definition) is 3. The average molecular weight is 222 g/mol. The minimum atomic E-state index is 0.00178. The summed E-state index contributed by atoms with van der Waals surface area (Å²) in [5.41, 5.74) is 6.11.